The fourth-order valence-electron chi connectivity index (χ4n) is 1.91. The minimum atomic E-state index is 0.602. The number of nitrogens with one attached hydrogen (secondary N) is 1. The number of pyridine rings is 1. The van der Waals surface area contributed by atoms with Crippen molar-refractivity contribution in [3.8, 4) is 0 Å². The fraction of sp³-hybridized carbons (Fsp3) is 0.333. The average Bonchev–Trinajstić information content (AvgIpc) is 2.66. The molecule has 0 aromatic carbocycles. The van der Waals surface area contributed by atoms with Crippen LogP contribution < -0.4 is 5.32 Å². The average molecular weight is 232 g/mol. The number of aromatic nitrogens is 1. The first-order valence-corrected chi connectivity index (χ1v) is 6.29. The zero-order chi connectivity index (χ0) is 11.0. The normalized spacial score (nSPS) is 16.0. The summed E-state index contributed by atoms with van der Waals surface area (Å²) in [5.74, 6) is 0. The van der Waals surface area contributed by atoms with E-state index in [0.717, 1.165) is 27.1 Å². The third kappa shape index (κ3) is 1.59. The maximum atomic E-state index is 10.7. The van der Waals surface area contributed by atoms with Crippen LogP contribution in [-0.2, 0) is 0 Å². The van der Waals surface area contributed by atoms with Gasteiger partial charge in [-0.1, -0.05) is 0 Å². The summed E-state index contributed by atoms with van der Waals surface area (Å²) >= 11 is 1.44. The second-order valence-corrected chi connectivity index (χ2v) is 5.18. The van der Waals surface area contributed by atoms with Gasteiger partial charge in [0.25, 0.3) is 0 Å². The summed E-state index contributed by atoms with van der Waals surface area (Å²) in [6.07, 6.45) is 6.49. The Bertz CT molecular complexity index is 531. The zero-order valence-corrected chi connectivity index (χ0v) is 9.59. The van der Waals surface area contributed by atoms with Crippen LogP contribution in [0.15, 0.2) is 18.3 Å². The zero-order valence-electron chi connectivity index (χ0n) is 8.77. The molecule has 2 aromatic rings. The van der Waals surface area contributed by atoms with Crippen molar-refractivity contribution in [1.29, 1.82) is 0 Å². The van der Waals surface area contributed by atoms with E-state index in [4.69, 9.17) is 0 Å². The van der Waals surface area contributed by atoms with Gasteiger partial charge in [0.2, 0.25) is 0 Å². The molecule has 3 rings (SSSR count). The van der Waals surface area contributed by atoms with Crippen molar-refractivity contribution >= 4 is 33.5 Å². The van der Waals surface area contributed by atoms with Crippen molar-refractivity contribution in [2.75, 3.05) is 5.32 Å². The number of carbonyl (C=O) groups excluding carboxylic acids is 1. The molecule has 2 aromatic heterocycles. The summed E-state index contributed by atoms with van der Waals surface area (Å²) in [4.78, 5) is 16.7. The highest BCUT2D eigenvalue weighted by Gasteiger charge is 2.18. The molecule has 1 N–H and O–H groups in total. The molecule has 0 atom stereocenters. The molecule has 0 unspecified atom stereocenters. The Morgan fingerprint density at radius 1 is 1.50 bits per heavy atom. The Hall–Kier alpha value is -1.42. The van der Waals surface area contributed by atoms with Crippen molar-refractivity contribution in [3.05, 3.63) is 23.2 Å². The third-order valence-electron chi connectivity index (χ3n) is 3.04. The Labute approximate surface area is 97.5 Å². The van der Waals surface area contributed by atoms with Crippen LogP contribution in [0.3, 0.4) is 0 Å². The summed E-state index contributed by atoms with van der Waals surface area (Å²) in [5.41, 5.74) is 1.11. The van der Waals surface area contributed by atoms with Crippen molar-refractivity contribution in [3.63, 3.8) is 0 Å². The van der Waals surface area contributed by atoms with Crippen LogP contribution in [0.4, 0.5) is 5.69 Å². The number of carbonyl (C=O) groups is 1. The molecule has 0 radical (unpaired) electrons. The lowest BCUT2D eigenvalue weighted by molar-refractivity contribution is 0.112. The molecule has 1 aliphatic carbocycles. The minimum Gasteiger partial charge on any atom is -0.382 e. The smallest absolute Gasteiger partial charge is 0.160 e. The first-order valence-electron chi connectivity index (χ1n) is 5.47. The number of fused-ring (bicyclic) bond motifs is 1. The molecule has 16 heavy (non-hydrogen) atoms. The summed E-state index contributed by atoms with van der Waals surface area (Å²) in [5, 5.41) is 4.58. The quantitative estimate of drug-likeness (QED) is 0.827. The van der Waals surface area contributed by atoms with E-state index in [1.807, 2.05) is 12.1 Å². The van der Waals surface area contributed by atoms with Gasteiger partial charge in [-0.25, -0.2) is 4.98 Å². The van der Waals surface area contributed by atoms with Crippen LogP contribution in [0.1, 0.15) is 28.9 Å². The van der Waals surface area contributed by atoms with Gasteiger partial charge < -0.3 is 5.32 Å². The number of anilines is 1. The van der Waals surface area contributed by atoms with Gasteiger partial charge in [-0.15, -0.1) is 11.3 Å². The highest BCUT2D eigenvalue weighted by molar-refractivity contribution is 7.20. The van der Waals surface area contributed by atoms with Crippen LogP contribution >= 0.6 is 11.3 Å². The largest absolute Gasteiger partial charge is 0.382 e. The van der Waals surface area contributed by atoms with Crippen molar-refractivity contribution < 1.29 is 4.79 Å². The maximum absolute atomic E-state index is 10.7. The van der Waals surface area contributed by atoms with Gasteiger partial charge in [0.05, 0.1) is 4.88 Å². The molecule has 0 aliphatic heterocycles. The second kappa shape index (κ2) is 3.87. The topological polar surface area (TPSA) is 42.0 Å². The fourth-order valence-corrected chi connectivity index (χ4v) is 2.76. The molecule has 0 spiro atoms. The molecule has 0 saturated heterocycles. The molecule has 1 saturated carbocycles. The van der Waals surface area contributed by atoms with Gasteiger partial charge in [-0.05, 0) is 31.4 Å². The van der Waals surface area contributed by atoms with E-state index < -0.39 is 0 Å². The Balaban J connectivity index is 2.01. The molecule has 1 fully saturated rings. The van der Waals surface area contributed by atoms with Crippen molar-refractivity contribution in [2.24, 2.45) is 0 Å². The lowest BCUT2D eigenvalue weighted by Gasteiger charge is -2.27. The van der Waals surface area contributed by atoms with Gasteiger partial charge >= 0.3 is 0 Å². The molecule has 4 heteroatoms. The van der Waals surface area contributed by atoms with Crippen molar-refractivity contribution in [2.45, 2.75) is 25.3 Å². The van der Waals surface area contributed by atoms with E-state index in [2.05, 4.69) is 10.3 Å². The Morgan fingerprint density at radius 3 is 3.06 bits per heavy atom. The highest BCUT2D eigenvalue weighted by Crippen LogP contribution is 2.31. The molecule has 0 bridgehead atoms. The summed E-state index contributed by atoms with van der Waals surface area (Å²) in [6.45, 7) is 0. The molecular formula is C12H12N2OS. The maximum Gasteiger partial charge on any atom is 0.160 e. The molecule has 82 valence electrons. The number of nitrogens with zero attached hydrogens (tertiary/aromatic N) is 1. The van der Waals surface area contributed by atoms with E-state index in [0.29, 0.717) is 6.04 Å². The highest BCUT2D eigenvalue weighted by atomic mass is 32.1. The SMILES string of the molecule is O=Cc1cc2c(NC3CCC3)ccnc2s1. The predicted molar refractivity (Wildman–Crippen MR) is 66.3 cm³/mol. The summed E-state index contributed by atoms with van der Waals surface area (Å²) in [6, 6.07) is 4.51. The number of hydrogen-bond acceptors (Lipinski definition) is 4. The Morgan fingerprint density at radius 2 is 2.38 bits per heavy atom. The first-order chi connectivity index (χ1) is 7.86. The molecule has 3 nitrogen and oxygen atoms in total. The lowest BCUT2D eigenvalue weighted by atomic mass is 9.93. The molecule has 0 amide bonds. The van der Waals surface area contributed by atoms with Crippen LogP contribution in [0.5, 0.6) is 0 Å². The van der Waals surface area contributed by atoms with Gasteiger partial charge in [-0.3, -0.25) is 4.79 Å². The Kier molecular flexibility index (Phi) is 2.36. The van der Waals surface area contributed by atoms with E-state index >= 15 is 0 Å². The van der Waals surface area contributed by atoms with E-state index in [1.165, 1.54) is 30.6 Å². The lowest BCUT2D eigenvalue weighted by Crippen LogP contribution is -2.26. The van der Waals surface area contributed by atoms with Crippen LogP contribution in [-0.4, -0.2) is 17.3 Å². The van der Waals surface area contributed by atoms with Gasteiger partial charge in [0.15, 0.2) is 6.29 Å². The monoisotopic (exact) mass is 232 g/mol. The van der Waals surface area contributed by atoms with Crippen LogP contribution in [0, 0.1) is 0 Å². The first kappa shape index (κ1) is 9.78. The van der Waals surface area contributed by atoms with Crippen LogP contribution in [0.25, 0.3) is 10.2 Å². The van der Waals surface area contributed by atoms with Crippen LogP contribution in [0.2, 0.25) is 0 Å². The number of thiophene rings is 1. The van der Waals surface area contributed by atoms with E-state index in [9.17, 15) is 4.79 Å². The number of rotatable bonds is 3. The summed E-state index contributed by atoms with van der Waals surface area (Å²) in [7, 11) is 0. The van der Waals surface area contributed by atoms with Gasteiger partial charge in [-0.2, -0.15) is 0 Å². The molecule has 2 heterocycles. The van der Waals surface area contributed by atoms with Gasteiger partial charge in [0, 0.05) is 23.3 Å². The standard InChI is InChI=1S/C12H12N2OS/c15-7-9-6-10-11(14-8-2-1-3-8)4-5-13-12(10)16-9/h4-8H,1-3H2,(H,13,14). The predicted octanol–water partition coefficient (Wildman–Crippen LogP) is 3.07. The minimum absolute atomic E-state index is 0.602. The molecular weight excluding hydrogens is 220 g/mol. The second-order valence-electron chi connectivity index (χ2n) is 4.12. The third-order valence-corrected chi connectivity index (χ3v) is 4.00. The number of aldehydes is 1. The van der Waals surface area contributed by atoms with E-state index in [-0.39, 0.29) is 0 Å². The summed E-state index contributed by atoms with van der Waals surface area (Å²) < 4.78 is 0. The van der Waals surface area contributed by atoms with Crippen molar-refractivity contribution in [1.82, 2.24) is 4.98 Å². The van der Waals surface area contributed by atoms with E-state index in [1.54, 1.807) is 6.20 Å². The van der Waals surface area contributed by atoms with Gasteiger partial charge in [0.1, 0.15) is 4.83 Å². The molecule has 1 aliphatic rings. The number of hydrogen-bond donors (Lipinski definition) is 1.